The third-order valence-corrected chi connectivity index (χ3v) is 4.58. The smallest absolute Gasteiger partial charge is 0.275 e. The maximum absolute atomic E-state index is 12.4. The van der Waals surface area contributed by atoms with E-state index in [0.717, 1.165) is 30.4 Å². The monoisotopic (exact) mass is 326 g/mol. The van der Waals surface area contributed by atoms with Gasteiger partial charge in [-0.25, -0.2) is 0 Å². The van der Waals surface area contributed by atoms with Crippen LogP contribution in [0.2, 0.25) is 0 Å². The molecule has 2 aromatic rings. The maximum Gasteiger partial charge on any atom is 0.275 e. The zero-order valence-corrected chi connectivity index (χ0v) is 14.0. The van der Waals surface area contributed by atoms with Crippen LogP contribution < -0.4 is 10.9 Å². The lowest BCUT2D eigenvalue weighted by atomic mass is 9.84. The van der Waals surface area contributed by atoms with Gasteiger partial charge in [0.15, 0.2) is 11.5 Å². The van der Waals surface area contributed by atoms with Crippen LogP contribution in [0, 0.1) is 12.8 Å². The summed E-state index contributed by atoms with van der Waals surface area (Å²) >= 11 is 0. The van der Waals surface area contributed by atoms with Crippen molar-refractivity contribution >= 4 is 5.91 Å². The molecular formula is C18H22N4O2. The van der Waals surface area contributed by atoms with E-state index in [1.165, 1.54) is 0 Å². The summed E-state index contributed by atoms with van der Waals surface area (Å²) in [5, 5.41) is 11.2. The topological polar surface area (TPSA) is 87.7 Å². The predicted octanol–water partition coefficient (Wildman–Crippen LogP) is 2.51. The van der Waals surface area contributed by atoms with Crippen molar-refractivity contribution in [3.05, 3.63) is 45.9 Å². The van der Waals surface area contributed by atoms with E-state index in [-0.39, 0.29) is 23.1 Å². The first kappa shape index (κ1) is 16.4. The van der Waals surface area contributed by atoms with E-state index in [1.54, 1.807) is 0 Å². The summed E-state index contributed by atoms with van der Waals surface area (Å²) in [6, 6.07) is 7.30. The van der Waals surface area contributed by atoms with E-state index < -0.39 is 6.04 Å². The second-order valence-electron chi connectivity index (χ2n) is 6.35. The number of carbonyl (C=O) groups excluding carboxylic acids is 1. The number of rotatable bonds is 5. The van der Waals surface area contributed by atoms with E-state index in [2.05, 4.69) is 20.5 Å². The van der Waals surface area contributed by atoms with Gasteiger partial charge in [-0.1, -0.05) is 43.2 Å². The van der Waals surface area contributed by atoms with E-state index in [0.29, 0.717) is 12.2 Å². The molecule has 0 aliphatic heterocycles. The van der Waals surface area contributed by atoms with Crippen molar-refractivity contribution in [2.45, 2.75) is 45.6 Å². The molecule has 24 heavy (non-hydrogen) atoms. The SMILES string of the molecule is CCC(NC(=O)C1CCC1)c1nnc(-c2ccc(C)cc2)[nH]c1=O. The first-order valence-electron chi connectivity index (χ1n) is 8.42. The van der Waals surface area contributed by atoms with Gasteiger partial charge in [-0.3, -0.25) is 9.59 Å². The maximum atomic E-state index is 12.4. The van der Waals surface area contributed by atoms with Crippen molar-refractivity contribution in [2.24, 2.45) is 5.92 Å². The molecule has 0 radical (unpaired) electrons. The molecule has 1 amide bonds. The van der Waals surface area contributed by atoms with Crippen molar-refractivity contribution in [2.75, 3.05) is 0 Å². The number of H-pyrrole nitrogens is 1. The lowest BCUT2D eigenvalue weighted by Crippen LogP contribution is -2.39. The Morgan fingerprint density at radius 3 is 2.54 bits per heavy atom. The number of aryl methyl sites for hydroxylation is 1. The molecule has 0 saturated heterocycles. The number of benzene rings is 1. The number of amides is 1. The van der Waals surface area contributed by atoms with Gasteiger partial charge in [-0.15, -0.1) is 10.2 Å². The van der Waals surface area contributed by atoms with E-state index in [9.17, 15) is 9.59 Å². The highest BCUT2D eigenvalue weighted by molar-refractivity contribution is 5.79. The minimum absolute atomic E-state index is 0.0110. The van der Waals surface area contributed by atoms with Gasteiger partial charge in [0.05, 0.1) is 6.04 Å². The molecule has 0 bridgehead atoms. The fourth-order valence-electron chi connectivity index (χ4n) is 2.74. The van der Waals surface area contributed by atoms with Crippen molar-refractivity contribution in [3.63, 3.8) is 0 Å². The average Bonchev–Trinajstić information content (AvgIpc) is 2.52. The average molecular weight is 326 g/mol. The second-order valence-corrected chi connectivity index (χ2v) is 6.35. The number of aromatic nitrogens is 3. The summed E-state index contributed by atoms with van der Waals surface area (Å²) < 4.78 is 0. The Hall–Kier alpha value is -2.50. The highest BCUT2D eigenvalue weighted by Gasteiger charge is 2.28. The van der Waals surface area contributed by atoms with Gasteiger partial charge in [-0.2, -0.15) is 0 Å². The number of nitrogens with zero attached hydrogens (tertiary/aromatic N) is 2. The summed E-state index contributed by atoms with van der Waals surface area (Å²) in [5.41, 5.74) is 1.90. The first-order chi connectivity index (χ1) is 11.6. The fourth-order valence-corrected chi connectivity index (χ4v) is 2.74. The van der Waals surface area contributed by atoms with Crippen molar-refractivity contribution in [1.82, 2.24) is 20.5 Å². The lowest BCUT2D eigenvalue weighted by molar-refractivity contribution is -0.128. The second kappa shape index (κ2) is 6.95. The molecule has 2 N–H and O–H groups in total. The van der Waals surface area contributed by atoms with Crippen LogP contribution in [0.25, 0.3) is 11.4 Å². The molecular weight excluding hydrogens is 304 g/mol. The summed E-state index contributed by atoms with van der Waals surface area (Å²) in [5.74, 6) is 0.527. The van der Waals surface area contributed by atoms with Gasteiger partial charge in [0.2, 0.25) is 5.91 Å². The lowest BCUT2D eigenvalue weighted by Gasteiger charge is -2.26. The Morgan fingerprint density at radius 2 is 2.00 bits per heavy atom. The van der Waals surface area contributed by atoms with Crippen molar-refractivity contribution in [3.8, 4) is 11.4 Å². The molecule has 1 aliphatic rings. The van der Waals surface area contributed by atoms with Gasteiger partial charge < -0.3 is 10.3 Å². The van der Waals surface area contributed by atoms with Crippen LogP contribution in [0.15, 0.2) is 29.1 Å². The molecule has 1 unspecified atom stereocenters. The fraction of sp³-hybridized carbons (Fsp3) is 0.444. The van der Waals surface area contributed by atoms with Crippen LogP contribution in [0.1, 0.15) is 49.9 Å². The first-order valence-corrected chi connectivity index (χ1v) is 8.42. The Labute approximate surface area is 140 Å². The number of nitrogens with one attached hydrogen (secondary N) is 2. The van der Waals surface area contributed by atoms with Gasteiger partial charge in [-0.05, 0) is 26.2 Å². The molecule has 1 saturated carbocycles. The summed E-state index contributed by atoms with van der Waals surface area (Å²) in [7, 11) is 0. The van der Waals surface area contributed by atoms with Crippen LogP contribution in [0.3, 0.4) is 0 Å². The zero-order valence-electron chi connectivity index (χ0n) is 14.0. The number of aromatic amines is 1. The minimum Gasteiger partial charge on any atom is -0.347 e. The van der Waals surface area contributed by atoms with Gasteiger partial charge in [0.1, 0.15) is 0 Å². The Morgan fingerprint density at radius 1 is 1.29 bits per heavy atom. The molecule has 1 aromatic carbocycles. The van der Waals surface area contributed by atoms with Crippen molar-refractivity contribution in [1.29, 1.82) is 0 Å². The molecule has 1 heterocycles. The molecule has 6 heteroatoms. The molecule has 6 nitrogen and oxygen atoms in total. The van der Waals surface area contributed by atoms with Crippen LogP contribution >= 0.6 is 0 Å². The van der Waals surface area contributed by atoms with E-state index in [4.69, 9.17) is 0 Å². The largest absolute Gasteiger partial charge is 0.347 e. The van der Waals surface area contributed by atoms with Gasteiger partial charge >= 0.3 is 0 Å². The zero-order chi connectivity index (χ0) is 17.1. The van der Waals surface area contributed by atoms with Gasteiger partial charge in [0.25, 0.3) is 5.56 Å². The third kappa shape index (κ3) is 3.37. The molecule has 1 atom stereocenters. The number of hydrogen-bond acceptors (Lipinski definition) is 4. The summed E-state index contributed by atoms with van der Waals surface area (Å²) in [6.07, 6.45) is 3.55. The van der Waals surface area contributed by atoms with Gasteiger partial charge in [0, 0.05) is 11.5 Å². The Balaban J connectivity index is 1.81. The van der Waals surface area contributed by atoms with Crippen LogP contribution in [-0.2, 0) is 4.79 Å². The normalized spacial score (nSPS) is 15.6. The molecule has 126 valence electrons. The third-order valence-electron chi connectivity index (χ3n) is 4.58. The van der Waals surface area contributed by atoms with Crippen molar-refractivity contribution < 1.29 is 4.79 Å². The van der Waals surface area contributed by atoms with Crippen LogP contribution in [0.5, 0.6) is 0 Å². The number of carbonyl (C=O) groups is 1. The minimum atomic E-state index is -0.401. The Kier molecular flexibility index (Phi) is 4.74. The quantitative estimate of drug-likeness (QED) is 0.883. The molecule has 1 fully saturated rings. The Bertz CT molecular complexity index is 778. The van der Waals surface area contributed by atoms with E-state index >= 15 is 0 Å². The number of hydrogen-bond donors (Lipinski definition) is 2. The highest BCUT2D eigenvalue weighted by Crippen LogP contribution is 2.27. The summed E-state index contributed by atoms with van der Waals surface area (Å²) in [6.45, 7) is 3.92. The van der Waals surface area contributed by atoms with Crippen LogP contribution in [-0.4, -0.2) is 21.1 Å². The van der Waals surface area contributed by atoms with Crippen LogP contribution in [0.4, 0.5) is 0 Å². The molecule has 3 rings (SSSR count). The highest BCUT2D eigenvalue weighted by atomic mass is 16.2. The standard InChI is InChI=1S/C18H22N4O2/c1-3-14(19-17(23)13-5-4-6-13)15-18(24)20-16(22-21-15)12-9-7-11(2)8-10-12/h7-10,13-14H,3-6H2,1-2H3,(H,19,23)(H,20,22,24). The summed E-state index contributed by atoms with van der Waals surface area (Å²) in [4.78, 5) is 27.3. The molecule has 1 aliphatic carbocycles. The predicted molar refractivity (Wildman–Crippen MR) is 91.3 cm³/mol. The molecule has 0 spiro atoms. The molecule has 1 aromatic heterocycles. The van der Waals surface area contributed by atoms with E-state index in [1.807, 2.05) is 38.1 Å².